The lowest BCUT2D eigenvalue weighted by atomic mass is 10.0. The molecule has 1 N–H and O–H groups in total. The first kappa shape index (κ1) is 14.9. The van der Waals surface area contributed by atoms with Crippen LogP contribution < -0.4 is 10.1 Å². The summed E-state index contributed by atoms with van der Waals surface area (Å²) < 4.78 is 5.32. The maximum atomic E-state index is 8.55. The van der Waals surface area contributed by atoms with Gasteiger partial charge in [-0.25, -0.2) is 0 Å². The summed E-state index contributed by atoms with van der Waals surface area (Å²) in [5.41, 5.74) is 4.78. The molecule has 0 amide bonds. The van der Waals surface area contributed by atoms with Crippen LogP contribution in [0.15, 0.2) is 42.5 Å². The zero-order valence-corrected chi connectivity index (χ0v) is 12.7. The van der Waals surface area contributed by atoms with Gasteiger partial charge in [0.25, 0.3) is 0 Å². The summed E-state index contributed by atoms with van der Waals surface area (Å²) in [5.74, 6) is 0.703. The van der Waals surface area contributed by atoms with E-state index in [9.17, 15) is 0 Å². The van der Waals surface area contributed by atoms with Gasteiger partial charge in [0.15, 0.2) is 6.61 Å². The molecule has 0 aliphatic rings. The van der Waals surface area contributed by atoms with Crippen molar-refractivity contribution in [2.75, 3.05) is 11.9 Å². The van der Waals surface area contributed by atoms with Crippen LogP contribution in [0.25, 0.3) is 0 Å². The van der Waals surface area contributed by atoms with Crippen molar-refractivity contribution in [1.29, 1.82) is 5.26 Å². The van der Waals surface area contributed by atoms with Crippen LogP contribution in [0, 0.1) is 25.2 Å². The van der Waals surface area contributed by atoms with Crippen LogP contribution in [-0.4, -0.2) is 6.61 Å². The van der Waals surface area contributed by atoms with Gasteiger partial charge < -0.3 is 10.1 Å². The average Bonchev–Trinajstić information content (AvgIpc) is 2.44. The lowest BCUT2D eigenvalue weighted by Crippen LogP contribution is -2.07. The predicted octanol–water partition coefficient (Wildman–Crippen LogP) is 4.38. The van der Waals surface area contributed by atoms with Crippen molar-refractivity contribution < 1.29 is 4.74 Å². The molecule has 0 aromatic heterocycles. The molecule has 0 saturated heterocycles. The molecule has 2 rings (SSSR count). The number of aryl methyl sites for hydroxylation is 2. The first-order chi connectivity index (χ1) is 10.1. The van der Waals surface area contributed by atoms with Crippen molar-refractivity contribution in [3.63, 3.8) is 0 Å². The molecule has 0 bridgehead atoms. The van der Waals surface area contributed by atoms with Crippen molar-refractivity contribution >= 4 is 5.69 Å². The summed E-state index contributed by atoms with van der Waals surface area (Å²) >= 11 is 0. The van der Waals surface area contributed by atoms with Crippen LogP contribution in [-0.2, 0) is 0 Å². The number of hydrogen-bond donors (Lipinski definition) is 1. The maximum absolute atomic E-state index is 8.55. The number of rotatable bonds is 5. The van der Waals surface area contributed by atoms with Gasteiger partial charge in [0.05, 0.1) is 0 Å². The van der Waals surface area contributed by atoms with Gasteiger partial charge in [-0.2, -0.15) is 5.26 Å². The third-order valence-corrected chi connectivity index (χ3v) is 3.26. The van der Waals surface area contributed by atoms with Gasteiger partial charge in [-0.05, 0) is 38.5 Å². The Bertz CT molecular complexity index is 638. The standard InChI is InChI=1S/C18H20N2O/c1-13-9-14(2)11-16(10-13)15(3)20-17-5-4-6-18(12-17)21-8-7-19/h4-6,9-12,15,20H,8H2,1-3H3. The molecule has 0 spiro atoms. The van der Waals surface area contributed by atoms with Crippen molar-refractivity contribution in [3.8, 4) is 11.8 Å². The molecule has 1 unspecified atom stereocenters. The number of benzene rings is 2. The minimum Gasteiger partial charge on any atom is -0.479 e. The lowest BCUT2D eigenvalue weighted by molar-refractivity contribution is 0.368. The molecule has 21 heavy (non-hydrogen) atoms. The van der Waals surface area contributed by atoms with Crippen LogP contribution in [0.4, 0.5) is 5.69 Å². The molecule has 0 aliphatic heterocycles. The number of nitrogens with zero attached hydrogens (tertiary/aromatic N) is 1. The second kappa shape index (κ2) is 6.81. The van der Waals surface area contributed by atoms with E-state index in [0.717, 1.165) is 5.69 Å². The third kappa shape index (κ3) is 4.25. The highest BCUT2D eigenvalue weighted by Gasteiger charge is 2.07. The Hall–Kier alpha value is -2.47. The summed E-state index contributed by atoms with van der Waals surface area (Å²) in [6, 6.07) is 16.4. The number of hydrogen-bond acceptors (Lipinski definition) is 3. The van der Waals surface area contributed by atoms with E-state index >= 15 is 0 Å². The smallest absolute Gasteiger partial charge is 0.174 e. The molecule has 0 aliphatic carbocycles. The molecular formula is C18H20N2O. The molecule has 2 aromatic carbocycles. The van der Waals surface area contributed by atoms with E-state index in [0.29, 0.717) is 5.75 Å². The van der Waals surface area contributed by atoms with E-state index in [1.807, 2.05) is 30.3 Å². The quantitative estimate of drug-likeness (QED) is 0.884. The van der Waals surface area contributed by atoms with Gasteiger partial charge in [-0.3, -0.25) is 0 Å². The zero-order valence-electron chi connectivity index (χ0n) is 12.7. The maximum Gasteiger partial charge on any atom is 0.174 e. The van der Waals surface area contributed by atoms with E-state index in [1.54, 1.807) is 0 Å². The summed E-state index contributed by atoms with van der Waals surface area (Å²) in [4.78, 5) is 0. The van der Waals surface area contributed by atoms with Gasteiger partial charge >= 0.3 is 0 Å². The van der Waals surface area contributed by atoms with Crippen LogP contribution >= 0.6 is 0 Å². The largest absolute Gasteiger partial charge is 0.479 e. The second-order valence-corrected chi connectivity index (χ2v) is 5.26. The van der Waals surface area contributed by atoms with Gasteiger partial charge in [0.2, 0.25) is 0 Å². The Morgan fingerprint density at radius 2 is 1.86 bits per heavy atom. The molecule has 0 saturated carbocycles. The molecule has 0 radical (unpaired) electrons. The molecule has 0 fully saturated rings. The van der Waals surface area contributed by atoms with Crippen molar-refractivity contribution in [1.82, 2.24) is 0 Å². The predicted molar refractivity (Wildman–Crippen MR) is 85.5 cm³/mol. The molecule has 2 aromatic rings. The molecule has 108 valence electrons. The van der Waals surface area contributed by atoms with Crippen LogP contribution in [0.1, 0.15) is 29.7 Å². The Balaban J connectivity index is 2.12. The van der Waals surface area contributed by atoms with Gasteiger partial charge in [0.1, 0.15) is 11.8 Å². The molecular weight excluding hydrogens is 260 g/mol. The lowest BCUT2D eigenvalue weighted by Gasteiger charge is -2.17. The van der Waals surface area contributed by atoms with Crippen LogP contribution in [0.3, 0.4) is 0 Å². The number of nitrogens with one attached hydrogen (secondary N) is 1. The molecule has 3 heteroatoms. The van der Waals surface area contributed by atoms with Gasteiger partial charge in [-0.15, -0.1) is 0 Å². The zero-order chi connectivity index (χ0) is 15.2. The fraction of sp³-hybridized carbons (Fsp3) is 0.278. The van der Waals surface area contributed by atoms with Crippen molar-refractivity contribution in [3.05, 3.63) is 59.2 Å². The first-order valence-corrected chi connectivity index (χ1v) is 7.03. The van der Waals surface area contributed by atoms with E-state index in [1.165, 1.54) is 16.7 Å². The molecule has 3 nitrogen and oxygen atoms in total. The topological polar surface area (TPSA) is 45.0 Å². The summed E-state index contributed by atoms with van der Waals surface area (Å²) in [6.07, 6.45) is 0. The van der Waals surface area contributed by atoms with Crippen molar-refractivity contribution in [2.24, 2.45) is 0 Å². The highest BCUT2D eigenvalue weighted by atomic mass is 16.5. The van der Waals surface area contributed by atoms with E-state index < -0.39 is 0 Å². The van der Waals surface area contributed by atoms with Crippen molar-refractivity contribution in [2.45, 2.75) is 26.8 Å². The van der Waals surface area contributed by atoms with E-state index in [-0.39, 0.29) is 12.6 Å². The summed E-state index contributed by atoms with van der Waals surface area (Å²) in [5, 5.41) is 12.0. The SMILES string of the molecule is Cc1cc(C)cc(C(C)Nc2cccc(OCC#N)c2)c1. The monoisotopic (exact) mass is 280 g/mol. The Morgan fingerprint density at radius 1 is 1.14 bits per heavy atom. The minimum atomic E-state index is 0.0656. The third-order valence-electron chi connectivity index (χ3n) is 3.26. The molecule has 0 heterocycles. The average molecular weight is 280 g/mol. The number of anilines is 1. The number of ether oxygens (including phenoxy) is 1. The highest BCUT2D eigenvalue weighted by molar-refractivity contribution is 5.50. The van der Waals surface area contributed by atoms with Gasteiger partial charge in [0, 0.05) is 17.8 Å². The van der Waals surface area contributed by atoms with Gasteiger partial charge in [-0.1, -0.05) is 35.4 Å². The minimum absolute atomic E-state index is 0.0656. The Morgan fingerprint density at radius 3 is 2.52 bits per heavy atom. The Kier molecular flexibility index (Phi) is 4.84. The normalized spacial score (nSPS) is 11.5. The Labute approximate surface area is 126 Å². The van der Waals surface area contributed by atoms with E-state index in [2.05, 4.69) is 44.3 Å². The fourth-order valence-electron chi connectivity index (χ4n) is 2.38. The van der Waals surface area contributed by atoms with E-state index in [4.69, 9.17) is 10.00 Å². The fourth-order valence-corrected chi connectivity index (χ4v) is 2.38. The summed E-state index contributed by atoms with van der Waals surface area (Å²) in [7, 11) is 0. The van der Waals surface area contributed by atoms with Crippen LogP contribution in [0.2, 0.25) is 0 Å². The number of nitriles is 1. The summed E-state index contributed by atoms with van der Waals surface area (Å²) in [6.45, 7) is 6.42. The second-order valence-electron chi connectivity index (χ2n) is 5.26. The molecule has 1 atom stereocenters. The first-order valence-electron chi connectivity index (χ1n) is 7.03. The highest BCUT2D eigenvalue weighted by Crippen LogP contribution is 2.24. The van der Waals surface area contributed by atoms with Crippen LogP contribution in [0.5, 0.6) is 5.75 Å².